The fraction of sp³-hybridized carbons (Fsp3) is 0.806. The van der Waals surface area contributed by atoms with E-state index in [1.807, 2.05) is 20.8 Å². The molecule has 1 aliphatic heterocycles. The van der Waals surface area contributed by atoms with Crippen molar-refractivity contribution in [2.24, 2.45) is 55.3 Å². The Hall–Kier alpha value is -3.37. The lowest BCUT2D eigenvalue weighted by Gasteiger charge is -2.42. The zero-order chi connectivity index (χ0) is 35.8. The van der Waals surface area contributed by atoms with Crippen LogP contribution in [-0.2, 0) is 14.3 Å². The van der Waals surface area contributed by atoms with Crippen LogP contribution in [0.3, 0.4) is 0 Å². The number of amides is 3. The molecule has 1 heterocycles. The SMILES string of the molecule is CC(N)=NCCCN.CC(N)=NCCCNC(=O)OC(C)(C)C.Cl.NC(N)=NCCCNC(=O)[C@@H]1CCN1C(=O)[C@H](N)C1CCCCC1. The monoisotopic (exact) mass is 704 g/mol. The van der Waals surface area contributed by atoms with Gasteiger partial charge in [-0.1, -0.05) is 19.3 Å². The first-order chi connectivity index (χ1) is 22.1. The fourth-order valence-electron chi connectivity index (χ4n) is 4.61. The minimum absolute atomic E-state index is 0. The third-order valence-electron chi connectivity index (χ3n) is 7.06. The summed E-state index contributed by atoms with van der Waals surface area (Å²) in [4.78, 5) is 49.3. The number of nitrogens with zero attached hydrogens (tertiary/aromatic N) is 4. The maximum absolute atomic E-state index is 12.6. The second-order valence-electron chi connectivity index (χ2n) is 12.7. The molecule has 0 radical (unpaired) electrons. The molecule has 2 aliphatic rings. The van der Waals surface area contributed by atoms with Crippen LogP contribution in [-0.4, -0.2) is 104 Å². The van der Waals surface area contributed by atoms with Crippen molar-refractivity contribution in [3.05, 3.63) is 0 Å². The van der Waals surface area contributed by atoms with Crippen LogP contribution in [0.1, 0.15) is 92.4 Å². The summed E-state index contributed by atoms with van der Waals surface area (Å²) >= 11 is 0. The van der Waals surface area contributed by atoms with E-state index in [9.17, 15) is 14.4 Å². The highest BCUT2D eigenvalue weighted by Gasteiger charge is 2.41. The number of nitrogens with one attached hydrogen (secondary N) is 2. The maximum atomic E-state index is 12.6. The molecule has 280 valence electrons. The molecule has 48 heavy (non-hydrogen) atoms. The molecule has 0 aromatic rings. The summed E-state index contributed by atoms with van der Waals surface area (Å²) in [5.41, 5.74) is 32.0. The van der Waals surface area contributed by atoms with Gasteiger partial charge in [0.1, 0.15) is 11.6 Å². The Morgan fingerprint density at radius 2 is 1.35 bits per heavy atom. The fourth-order valence-corrected chi connectivity index (χ4v) is 4.61. The number of hydrogen-bond donors (Lipinski definition) is 8. The van der Waals surface area contributed by atoms with Gasteiger partial charge in [0.15, 0.2) is 5.96 Å². The molecule has 14 N–H and O–H groups in total. The van der Waals surface area contributed by atoms with Gasteiger partial charge in [0.05, 0.1) is 17.7 Å². The highest BCUT2D eigenvalue weighted by Crippen LogP contribution is 2.28. The number of ether oxygens (including phenoxy) is 1. The van der Waals surface area contributed by atoms with Gasteiger partial charge in [-0.3, -0.25) is 24.6 Å². The molecular weight excluding hydrogens is 640 g/mol. The molecule has 0 aromatic heterocycles. The van der Waals surface area contributed by atoms with Gasteiger partial charge in [-0.15, -0.1) is 12.4 Å². The van der Waals surface area contributed by atoms with Crippen LogP contribution >= 0.6 is 12.4 Å². The normalized spacial score (nSPS) is 17.1. The Morgan fingerprint density at radius 3 is 1.81 bits per heavy atom. The van der Waals surface area contributed by atoms with Crippen LogP contribution in [0.15, 0.2) is 15.0 Å². The lowest BCUT2D eigenvalue weighted by molar-refractivity contribution is -0.149. The summed E-state index contributed by atoms with van der Waals surface area (Å²) in [5, 5.41) is 5.48. The number of aliphatic imine (C=N–C) groups is 3. The second kappa shape index (κ2) is 26.6. The number of rotatable bonds is 14. The number of likely N-dealkylation sites (tertiary alicyclic amines) is 1. The van der Waals surface area contributed by atoms with Gasteiger partial charge in [-0.05, 0) is 85.6 Å². The molecule has 0 unspecified atom stereocenters. The van der Waals surface area contributed by atoms with Crippen LogP contribution in [0.5, 0.6) is 0 Å². The first kappa shape index (κ1) is 46.7. The van der Waals surface area contributed by atoms with Crippen molar-refractivity contribution in [3.8, 4) is 0 Å². The van der Waals surface area contributed by atoms with Crippen molar-refractivity contribution in [2.75, 3.05) is 45.8 Å². The number of guanidine groups is 1. The molecular formula is C31H65ClN12O4. The lowest BCUT2D eigenvalue weighted by atomic mass is 9.83. The molecule has 16 nitrogen and oxygen atoms in total. The summed E-state index contributed by atoms with van der Waals surface area (Å²) in [6.45, 7) is 13.2. The van der Waals surface area contributed by atoms with Crippen LogP contribution < -0.4 is 45.0 Å². The van der Waals surface area contributed by atoms with Gasteiger partial charge in [0.25, 0.3) is 0 Å². The Bertz CT molecular complexity index is 1000. The summed E-state index contributed by atoms with van der Waals surface area (Å²) in [7, 11) is 0. The van der Waals surface area contributed by atoms with Crippen molar-refractivity contribution in [1.82, 2.24) is 15.5 Å². The Kier molecular flexibility index (Phi) is 25.9. The van der Waals surface area contributed by atoms with Crippen molar-refractivity contribution < 1.29 is 19.1 Å². The Balaban J connectivity index is 0. The van der Waals surface area contributed by atoms with E-state index in [1.54, 1.807) is 18.7 Å². The van der Waals surface area contributed by atoms with E-state index in [-0.39, 0.29) is 42.1 Å². The van der Waals surface area contributed by atoms with Gasteiger partial charge in [0.2, 0.25) is 11.8 Å². The highest BCUT2D eigenvalue weighted by molar-refractivity contribution is 5.91. The zero-order valence-corrected chi connectivity index (χ0v) is 30.7. The molecule has 17 heteroatoms. The molecule has 0 spiro atoms. The van der Waals surface area contributed by atoms with E-state index in [4.69, 9.17) is 39.1 Å². The number of nitrogens with two attached hydrogens (primary N) is 6. The molecule has 2 rings (SSSR count). The summed E-state index contributed by atoms with van der Waals surface area (Å²) in [6.07, 6.45) is 8.20. The van der Waals surface area contributed by atoms with E-state index in [2.05, 4.69) is 25.6 Å². The predicted octanol–water partition coefficient (Wildman–Crippen LogP) is 0.687. The van der Waals surface area contributed by atoms with E-state index in [0.717, 1.165) is 45.1 Å². The van der Waals surface area contributed by atoms with Gasteiger partial charge < -0.3 is 54.7 Å². The third-order valence-corrected chi connectivity index (χ3v) is 7.06. The van der Waals surface area contributed by atoms with Crippen LogP contribution in [0.25, 0.3) is 0 Å². The number of hydrogen-bond acceptors (Lipinski definition) is 9. The zero-order valence-electron chi connectivity index (χ0n) is 29.8. The van der Waals surface area contributed by atoms with Crippen molar-refractivity contribution in [3.63, 3.8) is 0 Å². The van der Waals surface area contributed by atoms with Crippen molar-refractivity contribution in [2.45, 2.75) is 110 Å². The van der Waals surface area contributed by atoms with Gasteiger partial charge in [-0.25, -0.2) is 4.79 Å². The molecule has 1 aliphatic carbocycles. The van der Waals surface area contributed by atoms with Crippen LogP contribution in [0, 0.1) is 5.92 Å². The molecule has 3 amide bonds. The maximum Gasteiger partial charge on any atom is 0.407 e. The Morgan fingerprint density at radius 1 is 0.833 bits per heavy atom. The second-order valence-corrected chi connectivity index (χ2v) is 12.7. The topological polar surface area (TPSA) is 281 Å². The predicted molar refractivity (Wildman–Crippen MR) is 197 cm³/mol. The van der Waals surface area contributed by atoms with Crippen molar-refractivity contribution >= 4 is 47.9 Å². The summed E-state index contributed by atoms with van der Waals surface area (Å²) in [6, 6.07) is -0.849. The molecule has 0 aromatic carbocycles. The van der Waals surface area contributed by atoms with Crippen LogP contribution in [0.4, 0.5) is 4.79 Å². The van der Waals surface area contributed by atoms with Gasteiger partial charge in [-0.2, -0.15) is 0 Å². The van der Waals surface area contributed by atoms with E-state index in [1.165, 1.54) is 6.42 Å². The van der Waals surface area contributed by atoms with Gasteiger partial charge >= 0.3 is 6.09 Å². The summed E-state index contributed by atoms with van der Waals surface area (Å²) in [5.74, 6) is 1.32. The minimum atomic E-state index is -0.470. The lowest BCUT2D eigenvalue weighted by Crippen LogP contribution is -2.62. The summed E-state index contributed by atoms with van der Waals surface area (Å²) < 4.78 is 5.05. The quantitative estimate of drug-likeness (QED) is 0.0711. The highest BCUT2D eigenvalue weighted by atomic mass is 35.5. The third kappa shape index (κ3) is 23.9. The average Bonchev–Trinajstić information content (AvgIpc) is 2.95. The molecule has 0 bridgehead atoms. The molecule has 1 saturated heterocycles. The Labute approximate surface area is 293 Å². The first-order valence-electron chi connectivity index (χ1n) is 16.7. The van der Waals surface area contributed by atoms with E-state index in [0.29, 0.717) is 63.8 Å². The van der Waals surface area contributed by atoms with Crippen LogP contribution in [0.2, 0.25) is 0 Å². The number of amidine groups is 2. The molecule has 1 saturated carbocycles. The standard InChI is InChI=1S/C16H30N6O2.C10H21N3O2.C5H13N3.ClH/c17-13(11-5-2-1-3-6-11)15(24)22-10-7-12(22)14(23)20-8-4-9-21-16(18)19;1-8(11)12-6-5-7-13-9(14)15-10(2,3)4;1-5(7)8-4-2-3-6;/h11-13H,1-10,17H2,(H,20,23)(H4,18,19,21);5-7H2,1-4H3,(H2,11,12)(H,13,14);2-4,6H2,1H3,(H2,7,8);1H/t12-,13+;;;/m0.../s1. The number of carbonyl (C=O) groups excluding carboxylic acids is 3. The first-order valence-corrected chi connectivity index (χ1v) is 16.7. The van der Waals surface area contributed by atoms with E-state index >= 15 is 0 Å². The molecule has 2 atom stereocenters. The van der Waals surface area contributed by atoms with E-state index < -0.39 is 17.7 Å². The minimum Gasteiger partial charge on any atom is -0.444 e. The number of halogens is 1. The van der Waals surface area contributed by atoms with Crippen molar-refractivity contribution in [1.29, 1.82) is 0 Å². The number of carbonyl (C=O) groups is 3. The number of alkyl carbamates (subject to hydrolysis) is 1. The smallest absolute Gasteiger partial charge is 0.407 e. The van der Waals surface area contributed by atoms with Gasteiger partial charge in [0, 0.05) is 39.3 Å². The molecule has 2 fully saturated rings. The average molecular weight is 705 g/mol. The largest absolute Gasteiger partial charge is 0.444 e.